The van der Waals surface area contributed by atoms with E-state index in [1.807, 2.05) is 13.0 Å². The average Bonchev–Trinajstić information content (AvgIpc) is 2.11. The topological polar surface area (TPSA) is 26.3 Å². The smallest absolute Gasteiger partial charge is 0.293 e. The van der Waals surface area contributed by atoms with E-state index in [0.717, 1.165) is 19.3 Å². The number of ether oxygens (including phenoxy) is 1. The van der Waals surface area contributed by atoms with Crippen LogP contribution in [-0.2, 0) is 9.53 Å². The lowest BCUT2D eigenvalue weighted by atomic mass is 10.1. The van der Waals surface area contributed by atoms with Gasteiger partial charge in [0.1, 0.15) is 0 Å². The van der Waals surface area contributed by atoms with Crippen LogP contribution in [0.5, 0.6) is 0 Å². The Balaban J connectivity index is 3.05. The van der Waals surface area contributed by atoms with Gasteiger partial charge in [0.2, 0.25) is 0 Å². The van der Waals surface area contributed by atoms with E-state index in [9.17, 15) is 4.79 Å². The summed E-state index contributed by atoms with van der Waals surface area (Å²) in [7, 11) is 0. The normalized spacial score (nSPS) is 12.1. The Bertz CT molecular complexity index is 132. The molecule has 0 N–H and O–H groups in total. The van der Waals surface area contributed by atoms with Gasteiger partial charge in [-0.15, -0.1) is 6.58 Å². The third-order valence-electron chi connectivity index (χ3n) is 2.06. The van der Waals surface area contributed by atoms with E-state index in [1.165, 1.54) is 19.3 Å². The van der Waals surface area contributed by atoms with Crippen LogP contribution in [-0.4, -0.2) is 12.6 Å². The van der Waals surface area contributed by atoms with Crippen LogP contribution < -0.4 is 0 Å². The van der Waals surface area contributed by atoms with Crippen molar-refractivity contribution in [2.45, 2.75) is 51.6 Å². The van der Waals surface area contributed by atoms with E-state index >= 15 is 0 Å². The zero-order valence-corrected chi connectivity index (χ0v) is 8.50. The van der Waals surface area contributed by atoms with E-state index in [-0.39, 0.29) is 6.10 Å². The van der Waals surface area contributed by atoms with Crippen LogP contribution in [0.25, 0.3) is 0 Å². The molecule has 0 aliphatic heterocycles. The van der Waals surface area contributed by atoms with Gasteiger partial charge in [-0.2, -0.15) is 0 Å². The van der Waals surface area contributed by atoms with E-state index < -0.39 is 0 Å². The van der Waals surface area contributed by atoms with Crippen molar-refractivity contribution in [3.63, 3.8) is 0 Å². The molecule has 0 aromatic heterocycles. The molecule has 0 radical (unpaired) electrons. The van der Waals surface area contributed by atoms with Gasteiger partial charge >= 0.3 is 0 Å². The minimum atomic E-state index is 0.0805. The number of hydrogen-bond acceptors (Lipinski definition) is 2. The lowest BCUT2D eigenvalue weighted by Gasteiger charge is -2.08. The number of unbranched alkanes of at least 4 members (excludes halogenated alkanes) is 4. The fraction of sp³-hybridized carbons (Fsp3) is 0.727. The maximum atomic E-state index is 9.96. The van der Waals surface area contributed by atoms with E-state index in [2.05, 4.69) is 6.58 Å². The second-order valence-corrected chi connectivity index (χ2v) is 3.32. The highest BCUT2D eigenvalue weighted by Gasteiger charge is 1.99. The van der Waals surface area contributed by atoms with Gasteiger partial charge in [-0.05, 0) is 32.6 Å². The highest BCUT2D eigenvalue weighted by molar-refractivity contribution is 5.37. The van der Waals surface area contributed by atoms with Gasteiger partial charge in [0.25, 0.3) is 6.47 Å². The fourth-order valence-electron chi connectivity index (χ4n) is 1.24. The zero-order valence-electron chi connectivity index (χ0n) is 8.50. The molecule has 0 aromatic carbocycles. The molecule has 0 bridgehead atoms. The molecule has 0 rings (SSSR count). The minimum Gasteiger partial charge on any atom is -0.465 e. The summed E-state index contributed by atoms with van der Waals surface area (Å²) >= 11 is 0. The summed E-state index contributed by atoms with van der Waals surface area (Å²) in [5.74, 6) is 0. The van der Waals surface area contributed by atoms with Gasteiger partial charge in [-0.3, -0.25) is 4.79 Å². The Morgan fingerprint density at radius 3 is 2.62 bits per heavy atom. The van der Waals surface area contributed by atoms with Crippen LogP contribution in [0.4, 0.5) is 0 Å². The molecule has 0 aliphatic carbocycles. The summed E-state index contributed by atoms with van der Waals surface area (Å²) in [6, 6.07) is 0. The maximum Gasteiger partial charge on any atom is 0.293 e. The molecular formula is C11H20O2. The standard InChI is InChI=1S/C11H20O2/c1-3-4-5-6-7-8-9-11(2)13-10-12/h3,10-11H,1,4-9H2,2H3. The number of carbonyl (C=O) groups excluding carboxylic acids is 1. The Morgan fingerprint density at radius 2 is 2.00 bits per heavy atom. The minimum absolute atomic E-state index is 0.0805. The maximum absolute atomic E-state index is 9.96. The molecule has 2 heteroatoms. The second-order valence-electron chi connectivity index (χ2n) is 3.32. The molecule has 76 valence electrons. The molecular weight excluding hydrogens is 164 g/mol. The lowest BCUT2D eigenvalue weighted by molar-refractivity contribution is -0.133. The molecule has 0 spiro atoms. The summed E-state index contributed by atoms with van der Waals surface area (Å²) in [5, 5.41) is 0. The third-order valence-corrected chi connectivity index (χ3v) is 2.06. The second kappa shape index (κ2) is 9.30. The Labute approximate surface area is 81.0 Å². The molecule has 0 fully saturated rings. The number of hydrogen-bond donors (Lipinski definition) is 0. The molecule has 2 nitrogen and oxygen atoms in total. The molecule has 13 heavy (non-hydrogen) atoms. The van der Waals surface area contributed by atoms with Crippen molar-refractivity contribution in [3.8, 4) is 0 Å². The summed E-state index contributed by atoms with van der Waals surface area (Å²) in [6.45, 7) is 6.13. The number of carbonyl (C=O) groups is 1. The van der Waals surface area contributed by atoms with E-state index in [0.29, 0.717) is 6.47 Å². The predicted octanol–water partition coefficient (Wildman–Crippen LogP) is 3.07. The van der Waals surface area contributed by atoms with Crippen molar-refractivity contribution in [1.29, 1.82) is 0 Å². The number of rotatable bonds is 9. The van der Waals surface area contributed by atoms with Gasteiger partial charge in [0.05, 0.1) is 6.10 Å². The van der Waals surface area contributed by atoms with Crippen LogP contribution in [0.15, 0.2) is 12.7 Å². The predicted molar refractivity (Wildman–Crippen MR) is 54.5 cm³/mol. The Kier molecular flexibility index (Phi) is 8.73. The summed E-state index contributed by atoms with van der Waals surface area (Å²) in [4.78, 5) is 9.96. The van der Waals surface area contributed by atoms with Crippen molar-refractivity contribution < 1.29 is 9.53 Å². The van der Waals surface area contributed by atoms with Gasteiger partial charge in [0, 0.05) is 0 Å². The van der Waals surface area contributed by atoms with Crippen LogP contribution in [0.1, 0.15) is 45.4 Å². The van der Waals surface area contributed by atoms with E-state index in [4.69, 9.17) is 4.74 Å². The first-order valence-corrected chi connectivity index (χ1v) is 5.01. The molecule has 1 atom stereocenters. The van der Waals surface area contributed by atoms with Gasteiger partial charge in [0.15, 0.2) is 0 Å². The fourth-order valence-corrected chi connectivity index (χ4v) is 1.24. The van der Waals surface area contributed by atoms with Gasteiger partial charge < -0.3 is 4.74 Å². The molecule has 0 saturated heterocycles. The first kappa shape index (κ1) is 12.2. The van der Waals surface area contributed by atoms with Crippen molar-refractivity contribution in [3.05, 3.63) is 12.7 Å². The molecule has 0 saturated carbocycles. The first-order valence-electron chi connectivity index (χ1n) is 5.01. The van der Waals surface area contributed by atoms with Crippen LogP contribution >= 0.6 is 0 Å². The summed E-state index contributed by atoms with van der Waals surface area (Å²) in [5.41, 5.74) is 0. The molecule has 0 heterocycles. The van der Waals surface area contributed by atoms with Crippen molar-refractivity contribution >= 4 is 6.47 Å². The van der Waals surface area contributed by atoms with Crippen molar-refractivity contribution in [1.82, 2.24) is 0 Å². The molecule has 1 unspecified atom stereocenters. The van der Waals surface area contributed by atoms with Gasteiger partial charge in [-0.1, -0.05) is 18.9 Å². The number of allylic oxidation sites excluding steroid dienone is 1. The zero-order chi connectivity index (χ0) is 9.94. The summed E-state index contributed by atoms with van der Waals surface area (Å²) < 4.78 is 4.77. The van der Waals surface area contributed by atoms with E-state index in [1.54, 1.807) is 0 Å². The molecule has 0 aromatic rings. The summed E-state index contributed by atoms with van der Waals surface area (Å²) in [6.07, 6.45) is 8.97. The molecule has 0 amide bonds. The Morgan fingerprint density at radius 1 is 1.31 bits per heavy atom. The van der Waals surface area contributed by atoms with Crippen LogP contribution in [0, 0.1) is 0 Å². The van der Waals surface area contributed by atoms with Crippen LogP contribution in [0.3, 0.4) is 0 Å². The highest BCUT2D eigenvalue weighted by Crippen LogP contribution is 2.08. The highest BCUT2D eigenvalue weighted by atomic mass is 16.5. The third kappa shape index (κ3) is 9.12. The van der Waals surface area contributed by atoms with Crippen LogP contribution in [0.2, 0.25) is 0 Å². The first-order chi connectivity index (χ1) is 6.31. The Hall–Kier alpha value is -0.790. The SMILES string of the molecule is C=CCCCCCCC(C)OC=O. The van der Waals surface area contributed by atoms with Gasteiger partial charge in [-0.25, -0.2) is 0 Å². The average molecular weight is 184 g/mol. The quantitative estimate of drug-likeness (QED) is 0.313. The lowest BCUT2D eigenvalue weighted by Crippen LogP contribution is -2.05. The largest absolute Gasteiger partial charge is 0.465 e. The van der Waals surface area contributed by atoms with Crippen molar-refractivity contribution in [2.75, 3.05) is 0 Å². The molecule has 0 aliphatic rings. The monoisotopic (exact) mass is 184 g/mol. The van der Waals surface area contributed by atoms with Crippen molar-refractivity contribution in [2.24, 2.45) is 0 Å².